The maximum absolute atomic E-state index is 12.8. The maximum atomic E-state index is 12.8. The van der Waals surface area contributed by atoms with E-state index in [0.29, 0.717) is 0 Å². The van der Waals surface area contributed by atoms with E-state index in [9.17, 15) is 4.79 Å². The van der Waals surface area contributed by atoms with Crippen LogP contribution in [0, 0.1) is 6.92 Å². The van der Waals surface area contributed by atoms with Crippen molar-refractivity contribution in [2.75, 3.05) is 23.3 Å². The SMILES string of the molecule is CCN(CC)c1ccc(NC(=O)NC(c2ccccc2)c2ccccc2)c(C)c1.[Cl-]. The highest BCUT2D eigenvalue weighted by Crippen LogP contribution is 2.24. The van der Waals surface area contributed by atoms with E-state index in [-0.39, 0.29) is 24.5 Å². The molecule has 5 heteroatoms. The number of rotatable bonds is 7. The summed E-state index contributed by atoms with van der Waals surface area (Å²) < 4.78 is 0. The molecule has 30 heavy (non-hydrogen) atoms. The molecular formula is C25H29ClN3O-. The number of aryl methyl sites for hydroxylation is 1. The van der Waals surface area contributed by atoms with Crippen molar-refractivity contribution in [1.82, 2.24) is 5.32 Å². The summed E-state index contributed by atoms with van der Waals surface area (Å²) in [6.07, 6.45) is 0. The van der Waals surface area contributed by atoms with Crippen LogP contribution < -0.4 is 27.9 Å². The molecule has 0 bridgehead atoms. The van der Waals surface area contributed by atoms with Crippen LogP contribution in [-0.4, -0.2) is 19.1 Å². The summed E-state index contributed by atoms with van der Waals surface area (Å²) in [6.45, 7) is 8.23. The van der Waals surface area contributed by atoms with Crippen molar-refractivity contribution in [3.63, 3.8) is 0 Å². The molecule has 0 spiro atoms. The molecule has 0 aromatic heterocycles. The molecule has 0 unspecified atom stereocenters. The second kappa shape index (κ2) is 11.3. The predicted octanol–water partition coefficient (Wildman–Crippen LogP) is 2.76. The standard InChI is InChI=1S/C25H29N3O.ClH/c1-4-28(5-2)22-16-17-23(19(3)18-22)26-25(29)27-24(20-12-8-6-9-13-20)21-14-10-7-11-15-21;/h6-18,24H,4-5H2,1-3H3,(H2,26,27,29);1H/p-1. The molecule has 0 aliphatic rings. The van der Waals surface area contributed by atoms with Gasteiger partial charge in [-0.3, -0.25) is 0 Å². The molecule has 0 atom stereocenters. The van der Waals surface area contributed by atoms with Crippen LogP contribution in [0.4, 0.5) is 16.2 Å². The van der Waals surface area contributed by atoms with E-state index >= 15 is 0 Å². The van der Waals surface area contributed by atoms with Crippen LogP contribution in [0.25, 0.3) is 0 Å². The van der Waals surface area contributed by atoms with E-state index in [2.05, 4.69) is 41.5 Å². The van der Waals surface area contributed by atoms with Crippen LogP contribution in [-0.2, 0) is 0 Å². The number of anilines is 2. The van der Waals surface area contributed by atoms with E-state index in [4.69, 9.17) is 0 Å². The van der Waals surface area contributed by atoms with E-state index in [1.807, 2.05) is 73.7 Å². The Morgan fingerprint density at radius 3 is 1.87 bits per heavy atom. The molecule has 2 amide bonds. The van der Waals surface area contributed by atoms with Gasteiger partial charge in [0.05, 0.1) is 6.04 Å². The number of urea groups is 1. The fourth-order valence-corrected chi connectivity index (χ4v) is 3.51. The zero-order chi connectivity index (χ0) is 20.6. The van der Waals surface area contributed by atoms with Gasteiger partial charge < -0.3 is 27.9 Å². The van der Waals surface area contributed by atoms with Crippen molar-refractivity contribution in [2.24, 2.45) is 0 Å². The molecular weight excluding hydrogens is 394 g/mol. The van der Waals surface area contributed by atoms with Crippen LogP contribution >= 0.6 is 0 Å². The molecule has 3 aromatic carbocycles. The van der Waals surface area contributed by atoms with Gasteiger partial charge in [0.1, 0.15) is 0 Å². The van der Waals surface area contributed by atoms with Crippen molar-refractivity contribution in [3.8, 4) is 0 Å². The Bertz CT molecular complexity index is 888. The lowest BCUT2D eigenvalue weighted by atomic mass is 9.99. The molecule has 158 valence electrons. The van der Waals surface area contributed by atoms with Gasteiger partial charge in [-0.2, -0.15) is 0 Å². The number of hydrogen-bond donors (Lipinski definition) is 2. The Morgan fingerprint density at radius 1 is 0.867 bits per heavy atom. The second-order valence-corrected chi connectivity index (χ2v) is 7.02. The Balaban J connectivity index is 0.00000320. The summed E-state index contributed by atoms with van der Waals surface area (Å²) in [5, 5.41) is 6.14. The average molecular weight is 423 g/mol. The van der Waals surface area contributed by atoms with Gasteiger partial charge in [-0.1, -0.05) is 60.7 Å². The zero-order valence-corrected chi connectivity index (χ0v) is 18.5. The molecule has 0 radical (unpaired) electrons. The lowest BCUT2D eigenvalue weighted by Gasteiger charge is -2.23. The number of nitrogens with zero attached hydrogens (tertiary/aromatic N) is 1. The van der Waals surface area contributed by atoms with Gasteiger partial charge in [0.25, 0.3) is 0 Å². The molecule has 0 heterocycles. The van der Waals surface area contributed by atoms with Crippen molar-refractivity contribution in [2.45, 2.75) is 26.8 Å². The molecule has 3 rings (SSSR count). The van der Waals surface area contributed by atoms with Crippen LogP contribution in [0.1, 0.15) is 36.6 Å². The van der Waals surface area contributed by atoms with E-state index < -0.39 is 0 Å². The predicted molar refractivity (Wildman–Crippen MR) is 122 cm³/mol. The Labute approximate surface area is 185 Å². The summed E-state index contributed by atoms with van der Waals surface area (Å²) in [5.74, 6) is 0. The minimum atomic E-state index is -0.221. The molecule has 3 aromatic rings. The molecule has 0 fully saturated rings. The largest absolute Gasteiger partial charge is 1.00 e. The first-order valence-electron chi connectivity index (χ1n) is 10.1. The monoisotopic (exact) mass is 422 g/mol. The first kappa shape index (κ1) is 23.3. The second-order valence-electron chi connectivity index (χ2n) is 7.02. The van der Waals surface area contributed by atoms with Gasteiger partial charge in [0, 0.05) is 24.5 Å². The third-order valence-corrected chi connectivity index (χ3v) is 5.13. The summed E-state index contributed by atoms with van der Waals surface area (Å²) in [6, 6.07) is 25.7. The smallest absolute Gasteiger partial charge is 0.319 e. The Hall–Kier alpha value is -2.98. The fraction of sp³-hybridized carbons (Fsp3) is 0.240. The van der Waals surface area contributed by atoms with E-state index in [0.717, 1.165) is 35.5 Å². The highest BCUT2D eigenvalue weighted by molar-refractivity contribution is 5.91. The number of nitrogens with one attached hydrogen (secondary N) is 2. The Kier molecular flexibility index (Phi) is 8.75. The quantitative estimate of drug-likeness (QED) is 0.615. The molecule has 4 nitrogen and oxygen atoms in total. The van der Waals surface area contributed by atoms with Crippen molar-refractivity contribution >= 4 is 17.4 Å². The minimum absolute atomic E-state index is 0. The third-order valence-electron chi connectivity index (χ3n) is 5.13. The number of amides is 2. The van der Waals surface area contributed by atoms with Gasteiger partial charge in [-0.05, 0) is 55.7 Å². The van der Waals surface area contributed by atoms with E-state index in [1.54, 1.807) is 0 Å². The number of carbonyl (C=O) groups is 1. The number of carbonyl (C=O) groups excluding carboxylic acids is 1. The van der Waals surface area contributed by atoms with Crippen LogP contribution in [0.2, 0.25) is 0 Å². The van der Waals surface area contributed by atoms with Crippen LogP contribution in [0.15, 0.2) is 78.9 Å². The number of hydrogen-bond acceptors (Lipinski definition) is 2. The average Bonchev–Trinajstić information content (AvgIpc) is 2.76. The lowest BCUT2D eigenvalue weighted by molar-refractivity contribution is -0.00000908. The van der Waals surface area contributed by atoms with Crippen molar-refractivity contribution < 1.29 is 17.2 Å². The molecule has 0 aliphatic carbocycles. The summed E-state index contributed by atoms with van der Waals surface area (Å²) in [4.78, 5) is 15.1. The van der Waals surface area contributed by atoms with Crippen LogP contribution in [0.3, 0.4) is 0 Å². The van der Waals surface area contributed by atoms with Gasteiger partial charge in [0.2, 0.25) is 0 Å². The van der Waals surface area contributed by atoms with Gasteiger partial charge >= 0.3 is 6.03 Å². The summed E-state index contributed by atoms with van der Waals surface area (Å²) in [7, 11) is 0. The number of benzene rings is 3. The van der Waals surface area contributed by atoms with Crippen molar-refractivity contribution in [1.29, 1.82) is 0 Å². The Morgan fingerprint density at radius 2 is 1.40 bits per heavy atom. The van der Waals surface area contributed by atoms with Crippen molar-refractivity contribution in [3.05, 3.63) is 95.6 Å². The molecule has 0 aliphatic heterocycles. The minimum Gasteiger partial charge on any atom is -1.00 e. The highest BCUT2D eigenvalue weighted by Gasteiger charge is 2.17. The van der Waals surface area contributed by atoms with Gasteiger partial charge in [-0.25, -0.2) is 4.79 Å². The first-order valence-corrected chi connectivity index (χ1v) is 10.1. The fourth-order valence-electron chi connectivity index (χ4n) is 3.51. The van der Waals surface area contributed by atoms with Gasteiger partial charge in [-0.15, -0.1) is 0 Å². The zero-order valence-electron chi connectivity index (χ0n) is 17.7. The first-order chi connectivity index (χ1) is 14.1. The van der Waals surface area contributed by atoms with Gasteiger partial charge in [0.15, 0.2) is 0 Å². The van der Waals surface area contributed by atoms with E-state index in [1.165, 1.54) is 5.69 Å². The maximum Gasteiger partial charge on any atom is 0.319 e. The summed E-state index contributed by atoms with van der Waals surface area (Å²) in [5.41, 5.74) is 5.12. The molecule has 2 N–H and O–H groups in total. The lowest BCUT2D eigenvalue weighted by Crippen LogP contribution is -3.00. The molecule has 0 saturated heterocycles. The normalized spacial score (nSPS) is 10.3. The number of halogens is 1. The highest BCUT2D eigenvalue weighted by atomic mass is 35.5. The third kappa shape index (κ3) is 5.77. The topological polar surface area (TPSA) is 44.4 Å². The summed E-state index contributed by atoms with van der Waals surface area (Å²) >= 11 is 0. The molecule has 0 saturated carbocycles. The van der Waals surface area contributed by atoms with Crippen LogP contribution in [0.5, 0.6) is 0 Å².